The smallest absolute Gasteiger partial charge is 0.322 e. The summed E-state index contributed by atoms with van der Waals surface area (Å²) in [5.74, 6) is 0. The van der Waals surface area contributed by atoms with E-state index in [2.05, 4.69) is 15.2 Å². The standard InChI is InChI=1S/C11H14ClN5O2/c12-9-8(13)10-15-16-11(17(10)6-14-9)19-5-3-7-2-1-4-18-7/h6-7H,1-5,13H2/t7-/m1/s1. The van der Waals surface area contributed by atoms with Crippen LogP contribution in [0.1, 0.15) is 19.3 Å². The van der Waals surface area contributed by atoms with Crippen molar-refractivity contribution in [3.8, 4) is 6.01 Å². The molecule has 0 amide bonds. The van der Waals surface area contributed by atoms with Crippen LogP contribution in [0.2, 0.25) is 5.15 Å². The van der Waals surface area contributed by atoms with Crippen LogP contribution in [0.3, 0.4) is 0 Å². The van der Waals surface area contributed by atoms with Crippen molar-refractivity contribution < 1.29 is 9.47 Å². The summed E-state index contributed by atoms with van der Waals surface area (Å²) in [5.41, 5.74) is 6.51. The van der Waals surface area contributed by atoms with Crippen LogP contribution in [0.15, 0.2) is 6.33 Å². The normalized spacial score (nSPS) is 19.1. The summed E-state index contributed by atoms with van der Waals surface area (Å²) in [6.45, 7) is 1.37. The minimum absolute atomic E-state index is 0.214. The van der Waals surface area contributed by atoms with E-state index in [0.29, 0.717) is 24.0 Å². The molecule has 102 valence electrons. The fourth-order valence-corrected chi connectivity index (χ4v) is 2.22. The molecule has 1 fully saturated rings. The molecule has 1 aliphatic heterocycles. The van der Waals surface area contributed by atoms with Gasteiger partial charge < -0.3 is 15.2 Å². The number of rotatable bonds is 4. The lowest BCUT2D eigenvalue weighted by Crippen LogP contribution is -2.11. The highest BCUT2D eigenvalue weighted by molar-refractivity contribution is 6.32. The predicted molar refractivity (Wildman–Crippen MR) is 69.3 cm³/mol. The Bertz CT molecular complexity index is 582. The zero-order chi connectivity index (χ0) is 13.2. The Hall–Kier alpha value is -1.60. The zero-order valence-electron chi connectivity index (χ0n) is 10.3. The van der Waals surface area contributed by atoms with Crippen LogP contribution in [0.4, 0.5) is 5.69 Å². The minimum Gasteiger partial charge on any atom is -0.463 e. The van der Waals surface area contributed by atoms with Gasteiger partial charge in [0.2, 0.25) is 0 Å². The second-order valence-corrected chi connectivity index (χ2v) is 4.76. The molecule has 3 heterocycles. The summed E-state index contributed by atoms with van der Waals surface area (Å²) in [6.07, 6.45) is 4.84. The molecule has 0 radical (unpaired) electrons. The summed E-state index contributed by atoms with van der Waals surface area (Å²) >= 11 is 5.81. The number of hydrogen-bond donors (Lipinski definition) is 1. The summed E-state index contributed by atoms with van der Waals surface area (Å²) in [4.78, 5) is 3.94. The van der Waals surface area contributed by atoms with Gasteiger partial charge in [-0.3, -0.25) is 0 Å². The fraction of sp³-hybridized carbons (Fsp3) is 0.545. The first kappa shape index (κ1) is 12.4. The molecule has 2 aromatic heterocycles. The van der Waals surface area contributed by atoms with Gasteiger partial charge >= 0.3 is 6.01 Å². The van der Waals surface area contributed by atoms with Crippen molar-refractivity contribution in [3.05, 3.63) is 11.5 Å². The van der Waals surface area contributed by atoms with Crippen molar-refractivity contribution in [2.75, 3.05) is 18.9 Å². The summed E-state index contributed by atoms with van der Waals surface area (Å²) < 4.78 is 12.7. The van der Waals surface area contributed by atoms with Crippen molar-refractivity contribution in [1.82, 2.24) is 19.6 Å². The average molecular weight is 284 g/mol. The molecule has 3 rings (SSSR count). The van der Waals surface area contributed by atoms with Crippen LogP contribution < -0.4 is 10.5 Å². The number of fused-ring (bicyclic) bond motifs is 1. The highest BCUT2D eigenvalue weighted by Crippen LogP contribution is 2.22. The van der Waals surface area contributed by atoms with Crippen LogP contribution in [0.25, 0.3) is 5.65 Å². The number of nitrogen functional groups attached to an aromatic ring is 1. The van der Waals surface area contributed by atoms with Gasteiger partial charge in [0, 0.05) is 13.0 Å². The topological polar surface area (TPSA) is 87.6 Å². The van der Waals surface area contributed by atoms with Gasteiger partial charge in [-0.25, -0.2) is 9.38 Å². The molecule has 0 aliphatic carbocycles. The molecule has 0 saturated carbocycles. The van der Waals surface area contributed by atoms with Gasteiger partial charge in [-0.2, -0.15) is 0 Å². The molecule has 1 aliphatic rings. The number of nitrogens with two attached hydrogens (primary N) is 1. The van der Waals surface area contributed by atoms with Crippen LogP contribution in [-0.2, 0) is 4.74 Å². The molecule has 0 bridgehead atoms. The SMILES string of the molecule is Nc1c(Cl)ncn2c(OCC[C@H]3CCCO3)nnc12. The number of nitrogens with zero attached hydrogens (tertiary/aromatic N) is 4. The van der Waals surface area contributed by atoms with Crippen molar-refractivity contribution in [2.45, 2.75) is 25.4 Å². The maximum atomic E-state index is 5.81. The number of ether oxygens (including phenoxy) is 2. The molecular formula is C11H14ClN5O2. The van der Waals surface area contributed by atoms with E-state index in [-0.39, 0.29) is 11.3 Å². The van der Waals surface area contributed by atoms with Gasteiger partial charge in [0.15, 0.2) is 10.8 Å². The van der Waals surface area contributed by atoms with Crippen LogP contribution in [0, 0.1) is 0 Å². The van der Waals surface area contributed by atoms with Gasteiger partial charge in [-0.05, 0) is 12.8 Å². The van der Waals surface area contributed by atoms with E-state index in [1.807, 2.05) is 0 Å². The molecule has 0 aromatic carbocycles. The Morgan fingerprint density at radius 3 is 3.21 bits per heavy atom. The van der Waals surface area contributed by atoms with Gasteiger partial charge in [0.05, 0.1) is 12.7 Å². The Morgan fingerprint density at radius 1 is 1.53 bits per heavy atom. The molecule has 19 heavy (non-hydrogen) atoms. The zero-order valence-corrected chi connectivity index (χ0v) is 11.0. The van der Waals surface area contributed by atoms with Crippen LogP contribution in [0.5, 0.6) is 6.01 Å². The highest BCUT2D eigenvalue weighted by Gasteiger charge is 2.16. The predicted octanol–water partition coefficient (Wildman–Crippen LogP) is 1.31. The van der Waals surface area contributed by atoms with E-state index in [0.717, 1.165) is 25.9 Å². The monoisotopic (exact) mass is 283 g/mol. The molecule has 2 N–H and O–H groups in total. The summed E-state index contributed by atoms with van der Waals surface area (Å²) in [7, 11) is 0. The number of aromatic nitrogens is 4. The number of anilines is 1. The molecular weight excluding hydrogens is 270 g/mol. The Balaban J connectivity index is 1.69. The third-order valence-electron chi connectivity index (χ3n) is 3.11. The first-order chi connectivity index (χ1) is 9.25. The third-order valence-corrected chi connectivity index (χ3v) is 3.41. The second kappa shape index (κ2) is 5.18. The van der Waals surface area contributed by atoms with Gasteiger partial charge in [-0.1, -0.05) is 16.7 Å². The van der Waals surface area contributed by atoms with Crippen LogP contribution >= 0.6 is 11.6 Å². The van der Waals surface area contributed by atoms with E-state index in [1.165, 1.54) is 6.33 Å². The van der Waals surface area contributed by atoms with Crippen molar-refractivity contribution in [3.63, 3.8) is 0 Å². The Morgan fingerprint density at radius 2 is 2.42 bits per heavy atom. The molecule has 0 spiro atoms. The summed E-state index contributed by atoms with van der Waals surface area (Å²) in [5, 5.41) is 8.08. The van der Waals surface area contributed by atoms with Crippen molar-refractivity contribution in [2.24, 2.45) is 0 Å². The molecule has 8 heteroatoms. The van der Waals surface area contributed by atoms with Crippen LogP contribution in [-0.4, -0.2) is 38.9 Å². The molecule has 0 unspecified atom stereocenters. The lowest BCUT2D eigenvalue weighted by atomic mass is 10.2. The van der Waals surface area contributed by atoms with Crippen molar-refractivity contribution >= 4 is 22.9 Å². The quantitative estimate of drug-likeness (QED) is 0.851. The maximum absolute atomic E-state index is 5.81. The first-order valence-electron chi connectivity index (χ1n) is 6.15. The van der Waals surface area contributed by atoms with E-state index in [9.17, 15) is 0 Å². The summed E-state index contributed by atoms with van der Waals surface area (Å²) in [6, 6.07) is 0.365. The molecule has 1 saturated heterocycles. The minimum atomic E-state index is 0.214. The van der Waals surface area contributed by atoms with E-state index in [1.54, 1.807) is 4.40 Å². The fourth-order valence-electron chi connectivity index (χ4n) is 2.09. The molecule has 2 aromatic rings. The molecule has 7 nitrogen and oxygen atoms in total. The number of hydrogen-bond acceptors (Lipinski definition) is 6. The maximum Gasteiger partial charge on any atom is 0.322 e. The van der Waals surface area contributed by atoms with E-state index in [4.69, 9.17) is 26.8 Å². The van der Waals surface area contributed by atoms with E-state index >= 15 is 0 Å². The largest absolute Gasteiger partial charge is 0.463 e. The van der Waals surface area contributed by atoms with Gasteiger partial charge in [0.1, 0.15) is 12.0 Å². The average Bonchev–Trinajstić information content (AvgIpc) is 3.04. The Labute approximate surface area is 114 Å². The third kappa shape index (κ3) is 2.43. The lowest BCUT2D eigenvalue weighted by Gasteiger charge is -2.09. The second-order valence-electron chi connectivity index (χ2n) is 4.40. The van der Waals surface area contributed by atoms with E-state index < -0.39 is 0 Å². The Kier molecular flexibility index (Phi) is 3.39. The number of halogens is 1. The first-order valence-corrected chi connectivity index (χ1v) is 6.52. The van der Waals surface area contributed by atoms with Gasteiger partial charge in [-0.15, -0.1) is 5.10 Å². The lowest BCUT2D eigenvalue weighted by molar-refractivity contribution is 0.0887. The molecule has 1 atom stereocenters. The highest BCUT2D eigenvalue weighted by atomic mass is 35.5. The van der Waals surface area contributed by atoms with Crippen molar-refractivity contribution in [1.29, 1.82) is 0 Å². The van der Waals surface area contributed by atoms with Gasteiger partial charge in [0.25, 0.3) is 0 Å².